The first-order valence-corrected chi connectivity index (χ1v) is 7.66. The van der Waals surface area contributed by atoms with Crippen LogP contribution in [0.1, 0.15) is 11.1 Å². The van der Waals surface area contributed by atoms with Crippen LogP contribution in [0.5, 0.6) is 0 Å². The third-order valence-electron chi connectivity index (χ3n) is 3.12. The molecule has 0 aliphatic carbocycles. The Balaban J connectivity index is 1.82. The van der Waals surface area contributed by atoms with Gasteiger partial charge in [-0.2, -0.15) is 17.9 Å². The van der Waals surface area contributed by atoms with Crippen LogP contribution >= 0.6 is 11.8 Å². The molecule has 118 valence electrons. The first kappa shape index (κ1) is 15.5. The highest BCUT2D eigenvalue weighted by molar-refractivity contribution is 7.98. The monoisotopic (exact) mass is 336 g/mol. The average Bonchev–Trinajstić information content (AvgIpc) is 3.02. The van der Waals surface area contributed by atoms with Gasteiger partial charge >= 0.3 is 6.18 Å². The van der Waals surface area contributed by atoms with E-state index in [1.54, 1.807) is 6.07 Å². The van der Waals surface area contributed by atoms with Crippen molar-refractivity contribution in [1.82, 2.24) is 20.2 Å². The normalized spacial score (nSPS) is 11.6. The number of para-hydroxylation sites is 1. The molecule has 0 fully saturated rings. The molecular formula is C15H11F3N4S. The fraction of sp³-hybridized carbons (Fsp3) is 0.133. The maximum atomic E-state index is 13.0. The van der Waals surface area contributed by atoms with Gasteiger partial charge in [-0.25, -0.2) is 0 Å². The van der Waals surface area contributed by atoms with Gasteiger partial charge in [-0.1, -0.05) is 48.2 Å². The molecule has 0 atom stereocenters. The van der Waals surface area contributed by atoms with Crippen molar-refractivity contribution in [2.75, 3.05) is 0 Å². The summed E-state index contributed by atoms with van der Waals surface area (Å²) in [4.78, 5) is 0. The van der Waals surface area contributed by atoms with Crippen LogP contribution in [-0.4, -0.2) is 20.2 Å². The van der Waals surface area contributed by atoms with Crippen LogP contribution in [-0.2, 0) is 11.9 Å². The molecule has 0 spiro atoms. The van der Waals surface area contributed by atoms with E-state index in [4.69, 9.17) is 0 Å². The Morgan fingerprint density at radius 3 is 2.39 bits per heavy atom. The van der Waals surface area contributed by atoms with Gasteiger partial charge in [-0.15, -0.1) is 5.10 Å². The fourth-order valence-corrected chi connectivity index (χ4v) is 2.96. The van der Waals surface area contributed by atoms with E-state index in [0.717, 1.165) is 23.5 Å². The first-order valence-electron chi connectivity index (χ1n) is 6.67. The number of hydrogen-bond acceptors (Lipinski definition) is 4. The van der Waals surface area contributed by atoms with Crippen LogP contribution in [0.15, 0.2) is 59.8 Å². The van der Waals surface area contributed by atoms with E-state index in [2.05, 4.69) is 15.5 Å². The van der Waals surface area contributed by atoms with Gasteiger partial charge in [0.2, 0.25) is 5.16 Å². The van der Waals surface area contributed by atoms with Gasteiger partial charge in [0.05, 0.1) is 11.3 Å². The Kier molecular flexibility index (Phi) is 4.33. The number of thioether (sulfide) groups is 1. The molecule has 0 aliphatic heterocycles. The Labute approximate surface area is 134 Å². The maximum Gasteiger partial charge on any atom is 0.416 e. The molecule has 0 aliphatic rings. The number of halogens is 3. The molecule has 1 aromatic heterocycles. The smallest absolute Gasteiger partial charge is 0.188 e. The molecule has 23 heavy (non-hydrogen) atoms. The van der Waals surface area contributed by atoms with Gasteiger partial charge in [0.1, 0.15) is 0 Å². The summed E-state index contributed by atoms with van der Waals surface area (Å²) < 4.78 is 40.5. The number of alkyl halides is 3. The molecule has 4 nitrogen and oxygen atoms in total. The van der Waals surface area contributed by atoms with Gasteiger partial charge in [0.25, 0.3) is 0 Å². The van der Waals surface area contributed by atoms with E-state index in [1.807, 2.05) is 30.3 Å². The second-order valence-corrected chi connectivity index (χ2v) is 5.59. The third kappa shape index (κ3) is 3.53. The quantitative estimate of drug-likeness (QED) is 0.676. The molecule has 0 saturated carbocycles. The summed E-state index contributed by atoms with van der Waals surface area (Å²) in [6.07, 6.45) is -4.37. The van der Waals surface area contributed by atoms with E-state index in [0.29, 0.717) is 5.16 Å². The standard InChI is InChI=1S/C15H11F3N4S/c16-15(17,18)13-9-5-4-6-11(13)10-23-14-19-20-21-22(14)12-7-2-1-3-8-12/h1-9H,10H2. The van der Waals surface area contributed by atoms with E-state index in [1.165, 1.54) is 16.8 Å². The van der Waals surface area contributed by atoms with E-state index >= 15 is 0 Å². The van der Waals surface area contributed by atoms with Crippen LogP contribution < -0.4 is 0 Å². The second-order valence-electron chi connectivity index (χ2n) is 4.65. The number of rotatable bonds is 4. The number of nitrogens with zero attached hydrogens (tertiary/aromatic N) is 4. The van der Waals surface area contributed by atoms with Crippen molar-refractivity contribution in [3.8, 4) is 5.69 Å². The summed E-state index contributed by atoms with van der Waals surface area (Å²) in [7, 11) is 0. The van der Waals surface area contributed by atoms with Crippen LogP contribution in [0.4, 0.5) is 13.2 Å². The van der Waals surface area contributed by atoms with Gasteiger partial charge in [-0.3, -0.25) is 0 Å². The molecule has 0 radical (unpaired) electrons. The van der Waals surface area contributed by atoms with Crippen LogP contribution in [0.2, 0.25) is 0 Å². The lowest BCUT2D eigenvalue weighted by Crippen LogP contribution is -2.08. The Hall–Kier alpha value is -2.35. The molecular weight excluding hydrogens is 325 g/mol. The van der Waals surface area contributed by atoms with Gasteiger partial charge < -0.3 is 0 Å². The first-order chi connectivity index (χ1) is 11.1. The lowest BCUT2D eigenvalue weighted by atomic mass is 10.1. The minimum atomic E-state index is -4.37. The van der Waals surface area contributed by atoms with Gasteiger partial charge in [0.15, 0.2) is 0 Å². The molecule has 0 saturated heterocycles. The van der Waals surface area contributed by atoms with E-state index in [-0.39, 0.29) is 11.3 Å². The number of tetrazole rings is 1. The molecule has 0 N–H and O–H groups in total. The van der Waals surface area contributed by atoms with Gasteiger partial charge in [-0.05, 0) is 34.2 Å². The molecule has 8 heteroatoms. The predicted octanol–water partition coefficient (Wildman–Crippen LogP) is 3.97. The van der Waals surface area contributed by atoms with Crippen molar-refractivity contribution in [2.45, 2.75) is 17.1 Å². The molecule has 1 heterocycles. The molecule has 3 rings (SSSR count). The van der Waals surface area contributed by atoms with Crippen LogP contribution in [0, 0.1) is 0 Å². The minimum Gasteiger partial charge on any atom is -0.188 e. The lowest BCUT2D eigenvalue weighted by molar-refractivity contribution is -0.138. The number of benzene rings is 2. The second kappa shape index (κ2) is 6.41. The fourth-order valence-electron chi connectivity index (χ4n) is 2.07. The van der Waals surface area contributed by atoms with Crippen molar-refractivity contribution < 1.29 is 13.2 Å². The minimum absolute atomic E-state index is 0.128. The maximum absolute atomic E-state index is 13.0. The number of aromatic nitrogens is 4. The highest BCUT2D eigenvalue weighted by Gasteiger charge is 2.32. The summed E-state index contributed by atoms with van der Waals surface area (Å²) >= 11 is 1.16. The van der Waals surface area contributed by atoms with E-state index in [9.17, 15) is 13.2 Å². The molecule has 2 aromatic carbocycles. The van der Waals surface area contributed by atoms with Gasteiger partial charge in [0, 0.05) is 5.75 Å². The van der Waals surface area contributed by atoms with Crippen molar-refractivity contribution in [3.05, 3.63) is 65.7 Å². The Bertz CT molecular complexity index is 787. The molecule has 0 amide bonds. The van der Waals surface area contributed by atoms with Crippen LogP contribution in [0.25, 0.3) is 5.69 Å². The van der Waals surface area contributed by atoms with Crippen molar-refractivity contribution in [3.63, 3.8) is 0 Å². The largest absolute Gasteiger partial charge is 0.416 e. The van der Waals surface area contributed by atoms with Crippen molar-refractivity contribution >= 4 is 11.8 Å². The predicted molar refractivity (Wildman–Crippen MR) is 80.2 cm³/mol. The zero-order chi connectivity index (χ0) is 16.3. The topological polar surface area (TPSA) is 43.6 Å². The molecule has 3 aromatic rings. The molecule has 0 bridgehead atoms. The highest BCUT2D eigenvalue weighted by atomic mass is 32.2. The zero-order valence-corrected chi connectivity index (χ0v) is 12.6. The SMILES string of the molecule is FC(F)(F)c1ccccc1CSc1nnnn1-c1ccccc1. The Morgan fingerprint density at radius 2 is 1.65 bits per heavy atom. The van der Waals surface area contributed by atoms with E-state index < -0.39 is 11.7 Å². The van der Waals surface area contributed by atoms with Crippen molar-refractivity contribution in [1.29, 1.82) is 0 Å². The Morgan fingerprint density at radius 1 is 0.957 bits per heavy atom. The third-order valence-corrected chi connectivity index (χ3v) is 4.09. The summed E-state index contributed by atoms with van der Waals surface area (Å²) in [5.74, 6) is 0.128. The number of hydrogen-bond donors (Lipinski definition) is 0. The summed E-state index contributed by atoms with van der Waals surface area (Å²) in [5, 5.41) is 11.8. The lowest BCUT2D eigenvalue weighted by Gasteiger charge is -2.12. The average molecular weight is 336 g/mol. The highest BCUT2D eigenvalue weighted by Crippen LogP contribution is 2.34. The zero-order valence-electron chi connectivity index (χ0n) is 11.7. The summed E-state index contributed by atoms with van der Waals surface area (Å²) in [5.41, 5.74) is 0.322. The summed E-state index contributed by atoms with van der Waals surface area (Å²) in [6, 6.07) is 14.7. The molecule has 0 unspecified atom stereocenters. The van der Waals surface area contributed by atoms with Crippen molar-refractivity contribution in [2.24, 2.45) is 0 Å². The summed E-state index contributed by atoms with van der Waals surface area (Å²) in [6.45, 7) is 0. The van der Waals surface area contributed by atoms with Crippen LogP contribution in [0.3, 0.4) is 0 Å².